The molecule has 0 radical (unpaired) electrons. The predicted molar refractivity (Wildman–Crippen MR) is 257 cm³/mol. The quantitative estimate of drug-likeness (QED) is 0.0264. The van der Waals surface area contributed by atoms with Gasteiger partial charge in [0.1, 0.15) is 54.4 Å². The van der Waals surface area contributed by atoms with Gasteiger partial charge in [0.05, 0.1) is 18.6 Å². The molecule has 30 nitrogen and oxygen atoms in total. The number of rotatable bonds is 35. The van der Waals surface area contributed by atoms with Gasteiger partial charge in [0, 0.05) is 25.0 Å². The lowest BCUT2D eigenvalue weighted by molar-refractivity contribution is -0.142. The molecular weight excluding hydrogens is 1010 g/mol. The molecule has 0 saturated carbocycles. The van der Waals surface area contributed by atoms with Crippen LogP contribution in [0.1, 0.15) is 99.8 Å². The molecule has 0 aliphatic carbocycles. The number of nitrogens with two attached hydrogens (primary N) is 1. The second-order valence-electron chi connectivity index (χ2n) is 17.9. The highest BCUT2D eigenvalue weighted by atomic mass is 32.1. The van der Waals surface area contributed by atoms with Crippen molar-refractivity contribution in [3.63, 3.8) is 0 Å². The standard InChI is InChI=1S/C43H70N10O20S/c1-17(2)14-25(40(69)52-32(18(3)4)41(70)51-27(16-74)43(72)73)49-34(63)19(5)46-42(71)33(21(7)54)53-35(64)20(6)45-39(68)26(15-31(61)62)50-38(67)24(10-13-30(59)60)48-37(66)23(9-12-29(57)58)47-36(65)22(44)8-11-28(55)56/h17-27,32-33,54,74H,8-16,44H2,1-7H3,(H,45,68)(H,46,71)(H,47,65)(H,48,66)(H,49,63)(H,50,67)(H,51,70)(H,52,69)(H,53,64)(H,55,56)(H,57,58)(H,59,60)(H,61,62)(H,72,73)/t19-,20-,21+,22-,23-,24-,25-,26-,27-,32-,33-/m0/s1. The Morgan fingerprint density at radius 3 is 1.20 bits per heavy atom. The van der Waals surface area contributed by atoms with Crippen molar-refractivity contribution in [3.05, 3.63) is 0 Å². The molecule has 0 aromatic carbocycles. The second-order valence-corrected chi connectivity index (χ2v) is 18.2. The van der Waals surface area contributed by atoms with E-state index >= 15 is 0 Å². The number of aliphatic hydroxyl groups excluding tert-OH is 1. The second kappa shape index (κ2) is 32.8. The minimum absolute atomic E-state index is 0.0290. The van der Waals surface area contributed by atoms with Gasteiger partial charge in [0.25, 0.3) is 0 Å². The van der Waals surface area contributed by atoms with E-state index in [2.05, 4.69) is 55.2 Å². The van der Waals surface area contributed by atoms with Crippen LogP contribution in [0.2, 0.25) is 0 Å². The zero-order chi connectivity index (χ0) is 57.3. The summed E-state index contributed by atoms with van der Waals surface area (Å²) in [6.07, 6.45) is -6.64. The lowest BCUT2D eigenvalue weighted by atomic mass is 9.99. The van der Waals surface area contributed by atoms with E-state index in [1.54, 1.807) is 27.7 Å². The molecule has 11 atom stereocenters. The number of hydrogen-bond donors (Lipinski definition) is 17. The molecule has 0 aliphatic rings. The maximum Gasteiger partial charge on any atom is 0.327 e. The molecule has 0 saturated heterocycles. The van der Waals surface area contributed by atoms with E-state index in [-0.39, 0.29) is 18.1 Å². The summed E-state index contributed by atoms with van der Waals surface area (Å²) < 4.78 is 0. The van der Waals surface area contributed by atoms with Crippen molar-refractivity contribution < 1.29 is 97.8 Å². The number of carbonyl (C=O) groups excluding carboxylic acids is 9. The topological polar surface area (TPSA) is 495 Å². The van der Waals surface area contributed by atoms with Gasteiger partial charge in [-0.2, -0.15) is 12.6 Å². The molecule has 0 bridgehead atoms. The number of carboxylic acids is 5. The number of aliphatic carboxylic acids is 5. The molecular formula is C43H70N10O20S. The van der Waals surface area contributed by atoms with Crippen LogP contribution in [-0.2, 0) is 67.1 Å². The molecule has 9 amide bonds. The van der Waals surface area contributed by atoms with Gasteiger partial charge in [-0.3, -0.25) is 62.3 Å². The number of thiol groups is 1. The maximum atomic E-state index is 13.5. The molecule has 0 spiro atoms. The van der Waals surface area contributed by atoms with E-state index in [1.807, 2.05) is 5.32 Å². The first-order valence-electron chi connectivity index (χ1n) is 23.1. The molecule has 74 heavy (non-hydrogen) atoms. The third-order valence-corrected chi connectivity index (χ3v) is 10.9. The highest BCUT2D eigenvalue weighted by Gasteiger charge is 2.36. The van der Waals surface area contributed by atoms with Crippen LogP contribution in [-0.4, -0.2) is 186 Å². The summed E-state index contributed by atoms with van der Waals surface area (Å²) in [5, 5.41) is 76.9. The summed E-state index contributed by atoms with van der Waals surface area (Å²) in [7, 11) is 0. The first kappa shape index (κ1) is 66.9. The molecule has 418 valence electrons. The van der Waals surface area contributed by atoms with Crippen molar-refractivity contribution in [1.29, 1.82) is 0 Å². The van der Waals surface area contributed by atoms with Crippen LogP contribution >= 0.6 is 12.6 Å². The minimum Gasteiger partial charge on any atom is -0.481 e. The van der Waals surface area contributed by atoms with Crippen LogP contribution in [0.5, 0.6) is 0 Å². The average molecular weight is 1080 g/mol. The third-order valence-electron chi connectivity index (χ3n) is 10.5. The first-order valence-corrected chi connectivity index (χ1v) is 23.7. The van der Waals surface area contributed by atoms with Crippen molar-refractivity contribution in [2.24, 2.45) is 17.6 Å². The summed E-state index contributed by atoms with van der Waals surface area (Å²) in [6.45, 7) is 9.94. The summed E-state index contributed by atoms with van der Waals surface area (Å²) in [6, 6.07) is -16.0. The Morgan fingerprint density at radius 2 is 0.784 bits per heavy atom. The Balaban J connectivity index is 6.19. The van der Waals surface area contributed by atoms with Crippen molar-refractivity contribution in [1.82, 2.24) is 47.9 Å². The minimum atomic E-state index is -2.05. The van der Waals surface area contributed by atoms with Gasteiger partial charge in [0.2, 0.25) is 53.2 Å². The van der Waals surface area contributed by atoms with E-state index in [0.717, 1.165) is 13.8 Å². The number of carbonyl (C=O) groups is 14. The van der Waals surface area contributed by atoms with Crippen molar-refractivity contribution >= 4 is 95.6 Å². The first-order chi connectivity index (χ1) is 34.2. The van der Waals surface area contributed by atoms with Gasteiger partial charge in [0.15, 0.2) is 0 Å². The Kier molecular flexibility index (Phi) is 29.7. The van der Waals surface area contributed by atoms with Gasteiger partial charge >= 0.3 is 29.8 Å². The maximum absolute atomic E-state index is 13.5. The molecule has 0 heterocycles. The van der Waals surface area contributed by atoms with Crippen molar-refractivity contribution in [2.45, 2.75) is 166 Å². The molecule has 0 unspecified atom stereocenters. The van der Waals surface area contributed by atoms with Gasteiger partial charge in [-0.05, 0) is 58.3 Å². The Bertz CT molecular complexity index is 2060. The molecule has 0 fully saturated rings. The van der Waals surface area contributed by atoms with Crippen molar-refractivity contribution in [2.75, 3.05) is 5.75 Å². The summed E-state index contributed by atoms with van der Waals surface area (Å²) >= 11 is 3.92. The highest BCUT2D eigenvalue weighted by Crippen LogP contribution is 2.11. The van der Waals surface area contributed by atoms with Gasteiger partial charge in [-0.15, -0.1) is 0 Å². The van der Waals surface area contributed by atoms with Crippen LogP contribution < -0.4 is 53.6 Å². The number of amides is 9. The Morgan fingerprint density at radius 1 is 0.419 bits per heavy atom. The number of nitrogens with one attached hydrogen (secondary N) is 9. The SMILES string of the molecule is CC(C)C[C@H](NC(=O)[C@H](C)NC(=O)[C@@H](NC(=O)[C@H](C)NC(=O)[C@H](CC(=O)O)NC(=O)[C@H](CCC(=O)O)NC(=O)[C@H](CCC(=O)O)NC(=O)[C@@H](N)CCC(=O)O)[C@@H](C)O)C(=O)N[C@H](C(=O)N[C@@H](CS)C(=O)O)C(C)C. The number of carboxylic acid groups (broad SMARTS) is 5. The Labute approximate surface area is 430 Å². The molecule has 0 aromatic rings. The molecule has 31 heteroatoms. The van der Waals surface area contributed by atoms with E-state index < -0.39 is 200 Å². The van der Waals surface area contributed by atoms with Crippen LogP contribution in [0, 0.1) is 11.8 Å². The van der Waals surface area contributed by atoms with Crippen LogP contribution in [0.15, 0.2) is 0 Å². The summed E-state index contributed by atoms with van der Waals surface area (Å²) in [5.74, 6) is -18.2. The van der Waals surface area contributed by atoms with E-state index in [9.17, 15) is 92.7 Å². The van der Waals surface area contributed by atoms with E-state index in [0.29, 0.717) is 0 Å². The van der Waals surface area contributed by atoms with Gasteiger partial charge in [-0.25, -0.2) is 4.79 Å². The average Bonchev–Trinajstić information content (AvgIpc) is 3.28. The lowest BCUT2D eigenvalue weighted by Gasteiger charge is -2.28. The van der Waals surface area contributed by atoms with Gasteiger partial charge in [-0.1, -0.05) is 27.7 Å². The fourth-order valence-corrected chi connectivity index (χ4v) is 6.61. The largest absolute Gasteiger partial charge is 0.481 e. The van der Waals surface area contributed by atoms with E-state index in [1.165, 1.54) is 6.92 Å². The highest BCUT2D eigenvalue weighted by molar-refractivity contribution is 7.80. The molecule has 0 aromatic heterocycles. The molecule has 17 N–H and O–H groups in total. The van der Waals surface area contributed by atoms with Crippen LogP contribution in [0.3, 0.4) is 0 Å². The third kappa shape index (κ3) is 25.5. The number of hydrogen-bond acceptors (Lipinski definition) is 17. The molecule has 0 rings (SSSR count). The fourth-order valence-electron chi connectivity index (χ4n) is 6.36. The Hall–Kier alpha value is -7.15. The van der Waals surface area contributed by atoms with E-state index in [4.69, 9.17) is 10.8 Å². The van der Waals surface area contributed by atoms with Crippen molar-refractivity contribution in [3.8, 4) is 0 Å². The monoisotopic (exact) mass is 1080 g/mol. The van der Waals surface area contributed by atoms with Crippen LogP contribution in [0.4, 0.5) is 0 Å². The molecule has 0 aliphatic heterocycles. The lowest BCUT2D eigenvalue weighted by Crippen LogP contribution is -2.61. The zero-order valence-electron chi connectivity index (χ0n) is 41.8. The fraction of sp³-hybridized carbons (Fsp3) is 0.674. The zero-order valence-corrected chi connectivity index (χ0v) is 42.7. The number of aliphatic hydroxyl groups is 1. The van der Waals surface area contributed by atoms with Gasteiger partial charge < -0.3 is 84.2 Å². The normalized spacial score (nSPS) is 15.5. The summed E-state index contributed by atoms with van der Waals surface area (Å²) in [4.78, 5) is 176. The smallest absolute Gasteiger partial charge is 0.327 e. The van der Waals surface area contributed by atoms with Crippen LogP contribution in [0.25, 0.3) is 0 Å². The predicted octanol–water partition coefficient (Wildman–Crippen LogP) is -5.12. The summed E-state index contributed by atoms with van der Waals surface area (Å²) in [5.41, 5.74) is 5.69.